The van der Waals surface area contributed by atoms with E-state index >= 15 is 0 Å². The molecule has 0 atom stereocenters. The molecule has 0 aliphatic carbocycles. The van der Waals surface area contributed by atoms with Gasteiger partial charge in [0.05, 0.1) is 12.1 Å². The topological polar surface area (TPSA) is 20.3 Å². The molecule has 0 aliphatic rings. The van der Waals surface area contributed by atoms with E-state index in [-0.39, 0.29) is 17.9 Å². The number of carbonyl (C=O) groups is 1. The van der Waals surface area contributed by atoms with Gasteiger partial charge in [0.25, 0.3) is 0 Å². The molecule has 0 saturated carbocycles. The molecule has 0 N–H and O–H groups in total. The normalized spacial score (nSPS) is 10.5. The lowest BCUT2D eigenvalue weighted by Crippen LogP contribution is -2.30. The smallest absolute Gasteiger partial charge is 0.185 e. The van der Waals surface area contributed by atoms with Crippen LogP contribution in [0.15, 0.2) is 42.5 Å². The van der Waals surface area contributed by atoms with E-state index in [0.717, 1.165) is 23.4 Å². The number of carbonyl (C=O) groups excluding carboxylic acids is 1. The fourth-order valence-corrected chi connectivity index (χ4v) is 2.18. The van der Waals surface area contributed by atoms with Crippen LogP contribution in [0.4, 0.5) is 14.5 Å². The van der Waals surface area contributed by atoms with Gasteiger partial charge < -0.3 is 4.90 Å². The van der Waals surface area contributed by atoms with Crippen molar-refractivity contribution in [2.75, 3.05) is 18.0 Å². The summed E-state index contributed by atoms with van der Waals surface area (Å²) in [5, 5.41) is 0. The average Bonchev–Trinajstić information content (AvgIpc) is 2.44. The molecule has 0 heterocycles. The standard InChI is InChI=1S/C17H17F2NO/c1-3-20(14-6-4-5-12(2)9-14)11-17(21)15-8-7-13(18)10-16(15)19/h4-10H,3,11H2,1-2H3. The minimum absolute atomic E-state index is 0.0580. The summed E-state index contributed by atoms with van der Waals surface area (Å²) in [4.78, 5) is 14.1. The molecule has 2 rings (SSSR count). The molecule has 0 aliphatic heterocycles. The highest BCUT2D eigenvalue weighted by Gasteiger charge is 2.16. The Balaban J connectivity index is 2.20. The maximum absolute atomic E-state index is 13.6. The van der Waals surface area contributed by atoms with Crippen molar-refractivity contribution < 1.29 is 13.6 Å². The van der Waals surface area contributed by atoms with Crippen molar-refractivity contribution in [3.63, 3.8) is 0 Å². The van der Waals surface area contributed by atoms with Crippen LogP contribution < -0.4 is 4.90 Å². The van der Waals surface area contributed by atoms with Gasteiger partial charge in [-0.2, -0.15) is 0 Å². The second-order valence-corrected chi connectivity index (χ2v) is 4.90. The molecule has 0 bridgehead atoms. The molecule has 0 aromatic heterocycles. The molecule has 0 fully saturated rings. The third-order valence-electron chi connectivity index (χ3n) is 3.31. The molecular weight excluding hydrogens is 272 g/mol. The van der Waals surface area contributed by atoms with E-state index in [2.05, 4.69) is 0 Å². The highest BCUT2D eigenvalue weighted by molar-refractivity contribution is 5.99. The molecule has 2 aromatic rings. The zero-order valence-electron chi connectivity index (χ0n) is 12.1. The van der Waals surface area contributed by atoms with E-state index in [1.165, 1.54) is 6.07 Å². The fourth-order valence-electron chi connectivity index (χ4n) is 2.18. The number of hydrogen-bond acceptors (Lipinski definition) is 2. The quantitative estimate of drug-likeness (QED) is 0.776. The number of rotatable bonds is 5. The van der Waals surface area contributed by atoms with Crippen molar-refractivity contribution in [1.29, 1.82) is 0 Å². The maximum Gasteiger partial charge on any atom is 0.185 e. The van der Waals surface area contributed by atoms with E-state index < -0.39 is 11.6 Å². The minimum atomic E-state index is -0.819. The Labute approximate surface area is 123 Å². The lowest BCUT2D eigenvalue weighted by atomic mass is 10.1. The van der Waals surface area contributed by atoms with Gasteiger partial charge in [0.15, 0.2) is 5.78 Å². The van der Waals surface area contributed by atoms with E-state index in [0.29, 0.717) is 6.54 Å². The third-order valence-corrected chi connectivity index (χ3v) is 3.31. The number of benzene rings is 2. The second-order valence-electron chi connectivity index (χ2n) is 4.90. The zero-order valence-corrected chi connectivity index (χ0v) is 12.1. The summed E-state index contributed by atoms with van der Waals surface area (Å²) < 4.78 is 26.5. The molecule has 21 heavy (non-hydrogen) atoms. The van der Waals surface area contributed by atoms with Crippen LogP contribution in [-0.2, 0) is 0 Å². The van der Waals surface area contributed by atoms with Gasteiger partial charge in [-0.05, 0) is 43.7 Å². The first kappa shape index (κ1) is 15.2. The van der Waals surface area contributed by atoms with Crippen LogP contribution in [0.1, 0.15) is 22.8 Å². The Bertz CT molecular complexity index is 655. The van der Waals surface area contributed by atoms with Gasteiger partial charge in [-0.1, -0.05) is 12.1 Å². The van der Waals surface area contributed by atoms with Gasteiger partial charge in [-0.25, -0.2) is 8.78 Å². The first-order chi connectivity index (χ1) is 10.0. The van der Waals surface area contributed by atoms with Gasteiger partial charge in [-0.15, -0.1) is 0 Å². The second kappa shape index (κ2) is 6.48. The first-order valence-electron chi connectivity index (χ1n) is 6.81. The molecule has 2 aromatic carbocycles. The third kappa shape index (κ3) is 3.66. The van der Waals surface area contributed by atoms with Gasteiger partial charge in [-0.3, -0.25) is 4.79 Å². The molecule has 4 heteroatoms. The number of Topliss-reactive ketones (excluding diaryl/α,β-unsaturated/α-hetero) is 1. The lowest BCUT2D eigenvalue weighted by Gasteiger charge is -2.22. The van der Waals surface area contributed by atoms with Gasteiger partial charge in [0.2, 0.25) is 0 Å². The Hall–Kier alpha value is -2.23. The van der Waals surface area contributed by atoms with Crippen molar-refractivity contribution in [3.05, 3.63) is 65.2 Å². The van der Waals surface area contributed by atoms with E-state index in [1.807, 2.05) is 43.0 Å². The predicted octanol–water partition coefficient (Wildman–Crippen LogP) is 3.98. The van der Waals surface area contributed by atoms with Crippen LogP contribution in [0.3, 0.4) is 0 Å². The molecular formula is C17H17F2NO. The monoisotopic (exact) mass is 289 g/mol. The first-order valence-corrected chi connectivity index (χ1v) is 6.81. The lowest BCUT2D eigenvalue weighted by molar-refractivity contribution is 0.0995. The van der Waals surface area contributed by atoms with Crippen molar-refractivity contribution in [1.82, 2.24) is 0 Å². The van der Waals surface area contributed by atoms with Crippen LogP contribution in [0, 0.1) is 18.6 Å². The Morgan fingerprint density at radius 2 is 1.90 bits per heavy atom. The van der Waals surface area contributed by atoms with Gasteiger partial charge in [0, 0.05) is 18.3 Å². The molecule has 0 unspecified atom stereocenters. The molecule has 0 radical (unpaired) electrons. The SMILES string of the molecule is CCN(CC(=O)c1ccc(F)cc1F)c1cccc(C)c1. The van der Waals surface area contributed by atoms with Crippen LogP contribution >= 0.6 is 0 Å². The average molecular weight is 289 g/mol. The molecule has 2 nitrogen and oxygen atoms in total. The minimum Gasteiger partial charge on any atom is -0.364 e. The summed E-state index contributed by atoms with van der Waals surface area (Å²) in [5.74, 6) is -1.87. The summed E-state index contributed by atoms with van der Waals surface area (Å²) in [6, 6.07) is 10.8. The number of halogens is 2. The number of likely N-dealkylation sites (N-methyl/N-ethyl adjacent to an activating group) is 1. The fraction of sp³-hybridized carbons (Fsp3) is 0.235. The number of hydrogen-bond donors (Lipinski definition) is 0. The zero-order chi connectivity index (χ0) is 15.4. The number of anilines is 1. The van der Waals surface area contributed by atoms with Crippen molar-refractivity contribution in [3.8, 4) is 0 Å². The summed E-state index contributed by atoms with van der Waals surface area (Å²) in [5.41, 5.74) is 1.92. The van der Waals surface area contributed by atoms with Crippen molar-refractivity contribution in [2.24, 2.45) is 0 Å². The Morgan fingerprint density at radius 1 is 1.14 bits per heavy atom. The largest absolute Gasteiger partial charge is 0.364 e. The van der Waals surface area contributed by atoms with Crippen molar-refractivity contribution >= 4 is 11.5 Å². The summed E-state index contributed by atoms with van der Waals surface area (Å²) in [6.45, 7) is 4.58. The number of aryl methyl sites for hydroxylation is 1. The molecule has 110 valence electrons. The Kier molecular flexibility index (Phi) is 4.68. The van der Waals surface area contributed by atoms with Crippen LogP contribution in [-0.4, -0.2) is 18.9 Å². The van der Waals surface area contributed by atoms with Gasteiger partial charge in [0.1, 0.15) is 11.6 Å². The summed E-state index contributed by atoms with van der Waals surface area (Å²) in [6.07, 6.45) is 0. The number of nitrogens with zero attached hydrogens (tertiary/aromatic N) is 1. The highest BCUT2D eigenvalue weighted by atomic mass is 19.1. The number of ketones is 1. The molecule has 0 saturated heterocycles. The van der Waals surface area contributed by atoms with E-state index in [4.69, 9.17) is 0 Å². The summed E-state index contributed by atoms with van der Waals surface area (Å²) in [7, 11) is 0. The van der Waals surface area contributed by atoms with Gasteiger partial charge >= 0.3 is 0 Å². The maximum atomic E-state index is 13.6. The Morgan fingerprint density at radius 3 is 2.52 bits per heavy atom. The van der Waals surface area contributed by atoms with Crippen molar-refractivity contribution in [2.45, 2.75) is 13.8 Å². The summed E-state index contributed by atoms with van der Waals surface area (Å²) >= 11 is 0. The predicted molar refractivity (Wildman–Crippen MR) is 79.8 cm³/mol. The van der Waals surface area contributed by atoms with Crippen LogP contribution in [0.25, 0.3) is 0 Å². The van der Waals surface area contributed by atoms with Crippen LogP contribution in [0.2, 0.25) is 0 Å². The molecule has 0 amide bonds. The molecule has 0 spiro atoms. The van der Waals surface area contributed by atoms with Crippen LogP contribution in [0.5, 0.6) is 0 Å². The van der Waals surface area contributed by atoms with E-state index in [1.54, 1.807) is 0 Å². The van der Waals surface area contributed by atoms with E-state index in [9.17, 15) is 13.6 Å². The highest BCUT2D eigenvalue weighted by Crippen LogP contribution is 2.17.